The zero-order valence-corrected chi connectivity index (χ0v) is 7.22. The van der Waals surface area contributed by atoms with E-state index in [1.807, 2.05) is 6.92 Å². The van der Waals surface area contributed by atoms with Crippen LogP contribution in [0.25, 0.3) is 0 Å². The van der Waals surface area contributed by atoms with Gasteiger partial charge in [-0.05, 0) is 6.42 Å². The predicted octanol–water partition coefficient (Wildman–Crippen LogP) is 0.132. The van der Waals surface area contributed by atoms with Crippen molar-refractivity contribution in [2.75, 3.05) is 21.0 Å². The molecule has 0 aromatic rings. The number of nitrogens with one attached hydrogen (secondary N) is 1. The second kappa shape index (κ2) is 6.12. The number of hydrogen-bond donors (Lipinski definition) is 1. The van der Waals surface area contributed by atoms with Crippen molar-refractivity contribution < 1.29 is 14.3 Å². The quantitative estimate of drug-likeness (QED) is 0.583. The average molecular weight is 161 g/mol. The normalized spacial score (nSPS) is 12.6. The van der Waals surface area contributed by atoms with E-state index in [1.54, 1.807) is 0 Å². The monoisotopic (exact) mass is 161 g/mol. The highest BCUT2D eigenvalue weighted by atomic mass is 16.5. The summed E-state index contributed by atoms with van der Waals surface area (Å²) in [6, 6.07) is 0. The molecule has 0 aromatic carbocycles. The number of amides is 1. The third kappa shape index (κ3) is 3.95. The van der Waals surface area contributed by atoms with Crippen molar-refractivity contribution in [3.8, 4) is 0 Å². The van der Waals surface area contributed by atoms with Crippen LogP contribution in [0.15, 0.2) is 0 Å². The second-order valence-corrected chi connectivity index (χ2v) is 2.11. The van der Waals surface area contributed by atoms with Crippen molar-refractivity contribution in [1.29, 1.82) is 0 Å². The summed E-state index contributed by atoms with van der Waals surface area (Å²) >= 11 is 0. The molecule has 0 aliphatic heterocycles. The van der Waals surface area contributed by atoms with Crippen molar-refractivity contribution in [2.24, 2.45) is 0 Å². The highest BCUT2D eigenvalue weighted by Crippen LogP contribution is 1.94. The van der Waals surface area contributed by atoms with E-state index in [9.17, 15) is 4.79 Å². The second-order valence-electron chi connectivity index (χ2n) is 2.11. The van der Waals surface area contributed by atoms with Gasteiger partial charge in [0.2, 0.25) is 0 Å². The molecule has 0 spiro atoms. The summed E-state index contributed by atoms with van der Waals surface area (Å²) in [6.45, 7) is 2.12. The molecule has 0 rings (SSSR count). The van der Waals surface area contributed by atoms with Gasteiger partial charge in [-0.25, -0.2) is 0 Å². The summed E-state index contributed by atoms with van der Waals surface area (Å²) in [5.41, 5.74) is 0. The molecule has 1 atom stereocenters. The van der Waals surface area contributed by atoms with E-state index in [0.29, 0.717) is 6.42 Å². The molecule has 1 N–H and O–H groups in total. The molecule has 4 nitrogen and oxygen atoms in total. The molecule has 1 amide bonds. The third-order valence-electron chi connectivity index (χ3n) is 1.34. The van der Waals surface area contributed by atoms with E-state index in [-0.39, 0.29) is 18.7 Å². The maximum Gasteiger partial charge on any atom is 0.250 e. The Kier molecular flexibility index (Phi) is 5.78. The molecule has 0 aromatic heterocycles. The summed E-state index contributed by atoms with van der Waals surface area (Å²) in [4.78, 5) is 11.0. The van der Waals surface area contributed by atoms with Crippen LogP contribution in [0, 0.1) is 0 Å². The molecule has 0 radical (unpaired) electrons. The van der Waals surface area contributed by atoms with Gasteiger partial charge < -0.3 is 14.8 Å². The fourth-order valence-electron chi connectivity index (χ4n) is 0.716. The molecular formula is C7H15NO3. The minimum Gasteiger partial charge on any atom is -0.372 e. The smallest absolute Gasteiger partial charge is 0.250 e. The van der Waals surface area contributed by atoms with Crippen LogP contribution in [0.5, 0.6) is 0 Å². The van der Waals surface area contributed by atoms with Crippen LogP contribution in [-0.4, -0.2) is 33.0 Å². The Balaban J connectivity index is 3.61. The maximum atomic E-state index is 11.0. The Hall–Kier alpha value is -0.610. The molecule has 4 heteroatoms. The summed E-state index contributed by atoms with van der Waals surface area (Å²) < 4.78 is 9.55. The van der Waals surface area contributed by atoms with Gasteiger partial charge in [-0.15, -0.1) is 0 Å². The van der Waals surface area contributed by atoms with E-state index in [0.717, 1.165) is 0 Å². The molecule has 1 unspecified atom stereocenters. The first-order chi connectivity index (χ1) is 5.26. The fraction of sp³-hybridized carbons (Fsp3) is 0.857. The van der Waals surface area contributed by atoms with Crippen LogP contribution in [-0.2, 0) is 14.3 Å². The van der Waals surface area contributed by atoms with Gasteiger partial charge in [0.25, 0.3) is 5.91 Å². The van der Waals surface area contributed by atoms with E-state index < -0.39 is 0 Å². The number of methoxy groups -OCH3 is 2. The fourth-order valence-corrected chi connectivity index (χ4v) is 0.716. The van der Waals surface area contributed by atoms with Crippen molar-refractivity contribution >= 4 is 5.91 Å². The SMILES string of the molecule is CCC(OC)C(=O)NCOC. The predicted molar refractivity (Wildman–Crippen MR) is 41.1 cm³/mol. The maximum absolute atomic E-state index is 11.0. The highest BCUT2D eigenvalue weighted by Gasteiger charge is 2.13. The number of hydrogen-bond acceptors (Lipinski definition) is 3. The van der Waals surface area contributed by atoms with Crippen molar-refractivity contribution in [2.45, 2.75) is 19.4 Å². The highest BCUT2D eigenvalue weighted by molar-refractivity contribution is 5.80. The van der Waals surface area contributed by atoms with Gasteiger partial charge in [-0.2, -0.15) is 0 Å². The van der Waals surface area contributed by atoms with Crippen LogP contribution < -0.4 is 5.32 Å². The van der Waals surface area contributed by atoms with Crippen LogP contribution in [0.2, 0.25) is 0 Å². The van der Waals surface area contributed by atoms with E-state index in [1.165, 1.54) is 14.2 Å². The lowest BCUT2D eigenvalue weighted by Gasteiger charge is -2.11. The molecule has 66 valence electrons. The minimum atomic E-state index is -0.356. The zero-order chi connectivity index (χ0) is 8.69. The van der Waals surface area contributed by atoms with Gasteiger partial charge in [0.1, 0.15) is 12.8 Å². The van der Waals surface area contributed by atoms with Gasteiger partial charge >= 0.3 is 0 Å². The number of rotatable bonds is 5. The Bertz CT molecular complexity index is 112. The molecular weight excluding hydrogens is 146 g/mol. The Labute approximate surface area is 66.9 Å². The van der Waals surface area contributed by atoms with E-state index >= 15 is 0 Å². The summed E-state index contributed by atoms with van der Waals surface area (Å²) in [7, 11) is 3.04. The van der Waals surface area contributed by atoms with Gasteiger partial charge in [0, 0.05) is 14.2 Å². The first kappa shape index (κ1) is 10.4. The number of ether oxygens (including phenoxy) is 2. The van der Waals surface area contributed by atoms with Gasteiger partial charge in [-0.3, -0.25) is 4.79 Å². The molecule has 11 heavy (non-hydrogen) atoms. The van der Waals surface area contributed by atoms with E-state index in [2.05, 4.69) is 10.1 Å². The standard InChI is InChI=1S/C7H15NO3/c1-4-6(11-3)7(9)8-5-10-2/h6H,4-5H2,1-3H3,(H,8,9). The summed E-state index contributed by atoms with van der Waals surface area (Å²) in [6.07, 6.45) is 0.316. The zero-order valence-electron chi connectivity index (χ0n) is 7.22. The third-order valence-corrected chi connectivity index (χ3v) is 1.34. The number of carbonyl (C=O) groups is 1. The summed E-state index contributed by atoms with van der Waals surface area (Å²) in [5.74, 6) is -0.128. The largest absolute Gasteiger partial charge is 0.372 e. The Morgan fingerprint density at radius 2 is 2.18 bits per heavy atom. The first-order valence-electron chi connectivity index (χ1n) is 3.55. The van der Waals surface area contributed by atoms with Gasteiger partial charge in [0.05, 0.1) is 0 Å². The van der Waals surface area contributed by atoms with Crippen LogP contribution in [0.4, 0.5) is 0 Å². The molecule has 0 heterocycles. The van der Waals surface area contributed by atoms with Crippen LogP contribution >= 0.6 is 0 Å². The van der Waals surface area contributed by atoms with Crippen molar-refractivity contribution in [3.05, 3.63) is 0 Å². The molecule has 0 bridgehead atoms. The average Bonchev–Trinajstić information content (AvgIpc) is 2.03. The van der Waals surface area contributed by atoms with Crippen molar-refractivity contribution in [3.63, 3.8) is 0 Å². The molecule has 0 aliphatic rings. The topological polar surface area (TPSA) is 47.6 Å². The van der Waals surface area contributed by atoms with Crippen molar-refractivity contribution in [1.82, 2.24) is 5.32 Å². The van der Waals surface area contributed by atoms with Crippen LogP contribution in [0.1, 0.15) is 13.3 Å². The lowest BCUT2D eigenvalue weighted by atomic mass is 10.2. The summed E-state index contributed by atoms with van der Waals surface area (Å²) in [5, 5.41) is 2.55. The molecule has 0 aliphatic carbocycles. The molecule has 0 saturated heterocycles. The van der Waals surface area contributed by atoms with Crippen LogP contribution in [0.3, 0.4) is 0 Å². The molecule has 0 fully saturated rings. The number of carbonyl (C=O) groups excluding carboxylic acids is 1. The lowest BCUT2D eigenvalue weighted by Crippen LogP contribution is -2.36. The Morgan fingerprint density at radius 1 is 1.55 bits per heavy atom. The first-order valence-corrected chi connectivity index (χ1v) is 3.55. The minimum absolute atomic E-state index is 0.128. The van der Waals surface area contributed by atoms with E-state index in [4.69, 9.17) is 4.74 Å². The lowest BCUT2D eigenvalue weighted by molar-refractivity contribution is -0.132. The van der Waals surface area contributed by atoms with Gasteiger partial charge in [-0.1, -0.05) is 6.92 Å². The Morgan fingerprint density at radius 3 is 2.55 bits per heavy atom. The van der Waals surface area contributed by atoms with Gasteiger partial charge in [0.15, 0.2) is 0 Å². The molecule has 0 saturated carbocycles.